The quantitative estimate of drug-likeness (QED) is 0.737. The Morgan fingerprint density at radius 1 is 1.18 bits per heavy atom. The largest absolute Gasteiger partial charge is 0.478 e. The lowest BCUT2D eigenvalue weighted by Crippen LogP contribution is -2.06. The van der Waals surface area contributed by atoms with E-state index in [1.54, 1.807) is 41.6 Å². The van der Waals surface area contributed by atoms with Crippen molar-refractivity contribution in [3.63, 3.8) is 0 Å². The predicted molar refractivity (Wildman–Crippen MR) is 81.9 cm³/mol. The van der Waals surface area contributed by atoms with Crippen molar-refractivity contribution in [1.29, 1.82) is 0 Å². The fourth-order valence-electron chi connectivity index (χ4n) is 2.19. The summed E-state index contributed by atoms with van der Waals surface area (Å²) in [7, 11) is 1.86. The van der Waals surface area contributed by atoms with Crippen LogP contribution in [-0.2, 0) is 7.05 Å². The van der Waals surface area contributed by atoms with E-state index < -0.39 is 5.97 Å². The number of aryl methyl sites for hydroxylation is 1. The number of imidazole rings is 1. The van der Waals surface area contributed by atoms with E-state index in [9.17, 15) is 9.90 Å². The predicted octanol–water partition coefficient (Wildman–Crippen LogP) is 2.31. The monoisotopic (exact) mass is 291 g/mol. The zero-order valence-corrected chi connectivity index (χ0v) is 11.9. The Hall–Kier alpha value is -3.26. The maximum Gasteiger partial charge on any atom is 0.337 e. The Morgan fingerprint density at radius 3 is 2.59 bits per heavy atom. The van der Waals surface area contributed by atoms with Crippen molar-refractivity contribution in [2.75, 3.05) is 0 Å². The molecule has 0 saturated carbocycles. The number of hydrogen-bond donors (Lipinski definition) is 1. The average Bonchev–Trinajstić information content (AvgIpc) is 3.16. The van der Waals surface area contributed by atoms with E-state index in [2.05, 4.69) is 16.8 Å². The van der Waals surface area contributed by atoms with Crippen molar-refractivity contribution in [2.24, 2.45) is 7.05 Å². The highest BCUT2D eigenvalue weighted by Gasteiger charge is 2.14. The van der Waals surface area contributed by atoms with Gasteiger partial charge in [-0.15, -0.1) is 0 Å². The van der Waals surface area contributed by atoms with Crippen molar-refractivity contribution < 1.29 is 9.90 Å². The zero-order valence-electron chi connectivity index (χ0n) is 11.9. The van der Waals surface area contributed by atoms with Crippen LogP contribution in [0.2, 0.25) is 0 Å². The lowest BCUT2D eigenvalue weighted by atomic mass is 10.1. The van der Waals surface area contributed by atoms with Gasteiger partial charge < -0.3 is 14.2 Å². The average molecular weight is 291 g/mol. The van der Waals surface area contributed by atoms with Crippen LogP contribution in [0.3, 0.4) is 0 Å². The lowest BCUT2D eigenvalue weighted by molar-refractivity contribution is 0.0697. The second-order valence-corrected chi connectivity index (χ2v) is 4.74. The van der Waals surface area contributed by atoms with Crippen molar-refractivity contribution in [3.05, 3.63) is 72.1 Å². The van der Waals surface area contributed by atoms with Crippen molar-refractivity contribution in [2.45, 2.75) is 0 Å². The topological polar surface area (TPSA) is 60.1 Å². The first-order valence-electron chi connectivity index (χ1n) is 6.65. The molecule has 0 atom stereocenters. The van der Waals surface area contributed by atoms with Crippen LogP contribution in [0.4, 0.5) is 0 Å². The molecule has 1 N–H and O–H groups in total. The molecule has 0 fully saturated rings. The van der Waals surface area contributed by atoms with E-state index >= 15 is 0 Å². The number of carboxylic acids is 1. The van der Waals surface area contributed by atoms with E-state index in [1.165, 1.54) is 0 Å². The summed E-state index contributed by atoms with van der Waals surface area (Å²) in [5.41, 5.74) is 2.19. The molecule has 3 rings (SSSR count). The fourth-order valence-corrected chi connectivity index (χ4v) is 2.19. The van der Waals surface area contributed by atoms with Crippen LogP contribution in [0.25, 0.3) is 5.69 Å². The molecule has 0 aliphatic heterocycles. The van der Waals surface area contributed by atoms with Gasteiger partial charge in [0.1, 0.15) is 5.69 Å². The normalized spacial score (nSPS) is 10.0. The molecule has 2 heterocycles. The van der Waals surface area contributed by atoms with Crippen LogP contribution in [0, 0.1) is 11.8 Å². The summed E-state index contributed by atoms with van der Waals surface area (Å²) in [6.07, 6.45) is 6.95. The van der Waals surface area contributed by atoms with Gasteiger partial charge in [-0.05, 0) is 30.2 Å². The number of para-hydroxylation sites is 1. The molecule has 0 aliphatic rings. The van der Waals surface area contributed by atoms with Gasteiger partial charge in [0.15, 0.2) is 0 Å². The molecular weight excluding hydrogens is 278 g/mol. The molecular formula is C17H13N3O2. The highest BCUT2D eigenvalue weighted by molar-refractivity contribution is 5.93. The summed E-state index contributed by atoms with van der Waals surface area (Å²) in [5, 5.41) is 9.41. The summed E-state index contributed by atoms with van der Waals surface area (Å²) in [4.78, 5) is 15.5. The van der Waals surface area contributed by atoms with E-state index in [0.29, 0.717) is 11.3 Å². The van der Waals surface area contributed by atoms with Crippen LogP contribution in [0.15, 0.2) is 55.2 Å². The van der Waals surface area contributed by atoms with Gasteiger partial charge >= 0.3 is 5.97 Å². The van der Waals surface area contributed by atoms with Gasteiger partial charge in [0.05, 0.1) is 23.8 Å². The summed E-state index contributed by atoms with van der Waals surface area (Å²) >= 11 is 0. The molecule has 0 saturated heterocycles. The number of hydrogen-bond acceptors (Lipinski definition) is 2. The van der Waals surface area contributed by atoms with Crippen LogP contribution in [-0.4, -0.2) is 25.2 Å². The number of rotatable bonds is 2. The first-order valence-corrected chi connectivity index (χ1v) is 6.65. The van der Waals surface area contributed by atoms with Crippen molar-refractivity contribution in [3.8, 4) is 17.5 Å². The van der Waals surface area contributed by atoms with E-state index in [-0.39, 0.29) is 5.56 Å². The number of benzene rings is 1. The minimum absolute atomic E-state index is 0.216. The minimum Gasteiger partial charge on any atom is -0.478 e. The van der Waals surface area contributed by atoms with Crippen LogP contribution < -0.4 is 0 Å². The molecule has 0 radical (unpaired) electrons. The molecule has 5 nitrogen and oxygen atoms in total. The molecule has 0 spiro atoms. The maximum absolute atomic E-state index is 11.5. The number of aromatic nitrogens is 3. The Morgan fingerprint density at radius 2 is 1.95 bits per heavy atom. The van der Waals surface area contributed by atoms with E-state index in [4.69, 9.17) is 0 Å². The Balaban J connectivity index is 2.16. The van der Waals surface area contributed by atoms with Crippen molar-refractivity contribution >= 4 is 5.97 Å². The maximum atomic E-state index is 11.5. The van der Waals surface area contributed by atoms with Crippen molar-refractivity contribution in [1.82, 2.24) is 14.1 Å². The zero-order chi connectivity index (χ0) is 15.5. The molecule has 108 valence electrons. The third kappa shape index (κ3) is 2.50. The highest BCUT2D eigenvalue weighted by atomic mass is 16.4. The number of aromatic carboxylic acids is 1. The summed E-state index contributed by atoms with van der Waals surface area (Å²) in [6.45, 7) is 0. The van der Waals surface area contributed by atoms with Gasteiger partial charge in [-0.3, -0.25) is 0 Å². The first kappa shape index (κ1) is 13.7. The van der Waals surface area contributed by atoms with E-state index in [0.717, 1.165) is 5.69 Å². The SMILES string of the molecule is Cn1cncc1C#Cc1cccc(C(=O)O)c1-n1cccc1. The fraction of sp³-hybridized carbons (Fsp3) is 0.0588. The first-order chi connectivity index (χ1) is 10.7. The van der Waals surface area contributed by atoms with Gasteiger partial charge in [0.25, 0.3) is 0 Å². The van der Waals surface area contributed by atoms with Gasteiger partial charge in [-0.1, -0.05) is 12.0 Å². The standard InChI is InChI=1S/C17H13N3O2/c1-19-12-18-11-14(19)8-7-13-5-4-6-15(17(21)22)16(13)20-9-2-3-10-20/h2-6,9-12H,1H3,(H,21,22). The summed E-state index contributed by atoms with van der Waals surface area (Å²) in [5.74, 6) is 5.09. The van der Waals surface area contributed by atoms with Gasteiger partial charge in [-0.25, -0.2) is 9.78 Å². The van der Waals surface area contributed by atoms with E-state index in [1.807, 2.05) is 29.8 Å². The molecule has 3 aromatic rings. The summed E-state index contributed by atoms with van der Waals surface area (Å²) < 4.78 is 3.57. The van der Waals surface area contributed by atoms with Gasteiger partial charge in [-0.2, -0.15) is 0 Å². The summed E-state index contributed by atoms with van der Waals surface area (Å²) in [6, 6.07) is 8.77. The van der Waals surface area contributed by atoms with Crippen LogP contribution in [0.1, 0.15) is 21.6 Å². The molecule has 0 bridgehead atoms. The number of carboxylic acid groups (broad SMARTS) is 1. The molecule has 0 aliphatic carbocycles. The molecule has 2 aromatic heterocycles. The Kier molecular flexibility index (Phi) is 3.50. The van der Waals surface area contributed by atoms with Crippen LogP contribution >= 0.6 is 0 Å². The third-order valence-corrected chi connectivity index (χ3v) is 3.27. The third-order valence-electron chi connectivity index (χ3n) is 3.27. The molecule has 0 unspecified atom stereocenters. The number of nitrogens with zero attached hydrogens (tertiary/aromatic N) is 3. The van der Waals surface area contributed by atoms with Crippen LogP contribution in [0.5, 0.6) is 0 Å². The van der Waals surface area contributed by atoms with Gasteiger partial charge in [0, 0.05) is 25.0 Å². The highest BCUT2D eigenvalue weighted by Crippen LogP contribution is 2.20. The lowest BCUT2D eigenvalue weighted by Gasteiger charge is -2.10. The second-order valence-electron chi connectivity index (χ2n) is 4.74. The molecule has 22 heavy (non-hydrogen) atoms. The smallest absolute Gasteiger partial charge is 0.337 e. The molecule has 0 amide bonds. The molecule has 5 heteroatoms. The molecule has 1 aromatic carbocycles. The Labute approximate surface area is 127 Å². The Bertz CT molecular complexity index is 880. The minimum atomic E-state index is -0.979. The number of carbonyl (C=O) groups is 1. The van der Waals surface area contributed by atoms with Gasteiger partial charge in [0.2, 0.25) is 0 Å². The second kappa shape index (κ2) is 5.62.